The van der Waals surface area contributed by atoms with Crippen molar-refractivity contribution >= 4 is 68.5 Å². The van der Waals surface area contributed by atoms with Gasteiger partial charge in [0.1, 0.15) is 14.2 Å². The molecule has 284 valence electrons. The molecule has 2 aromatic carbocycles. The van der Waals surface area contributed by atoms with Crippen LogP contribution >= 0.6 is 0 Å². The Balaban J connectivity index is 0.000000208. The number of ether oxygens (including phenoxy) is 2. The number of benzene rings is 2. The highest BCUT2D eigenvalue weighted by Gasteiger charge is 2.44. The molecule has 6 rings (SSSR count). The molecular formula is C40H44N4O10. The number of rotatable bonds is 12. The van der Waals surface area contributed by atoms with E-state index in [-0.39, 0.29) is 36.1 Å². The molecule has 14 nitrogen and oxygen atoms in total. The zero-order valence-electron chi connectivity index (χ0n) is 31.3. The fourth-order valence-corrected chi connectivity index (χ4v) is 7.69. The molecule has 0 spiro atoms. The molecule has 2 atom stereocenters. The molecule has 2 aliphatic heterocycles. The predicted molar refractivity (Wildman–Crippen MR) is 200 cm³/mol. The lowest BCUT2D eigenvalue weighted by Crippen LogP contribution is -2.40. The molecule has 0 fully saturated rings. The number of carbonyl (C=O) groups is 6. The molecule has 0 unspecified atom stereocenters. The quantitative estimate of drug-likeness (QED) is 0.0757. The summed E-state index contributed by atoms with van der Waals surface area (Å²) in [5, 5.41) is 9.02. The fourth-order valence-electron chi connectivity index (χ4n) is 7.69. The molecule has 0 amide bonds. The molecular weight excluding hydrogens is 696 g/mol. The van der Waals surface area contributed by atoms with Gasteiger partial charge in [-0.05, 0) is 49.9 Å². The van der Waals surface area contributed by atoms with Crippen molar-refractivity contribution in [1.29, 1.82) is 0 Å². The second-order valence-corrected chi connectivity index (χ2v) is 13.3. The number of Topliss-reactive ketones (excluding diaryl/α,β-unsaturated/α-hetero) is 2. The van der Waals surface area contributed by atoms with Crippen LogP contribution in [0.15, 0.2) is 71.0 Å². The van der Waals surface area contributed by atoms with E-state index in [0.29, 0.717) is 38.5 Å². The first kappa shape index (κ1) is 39.3. The third kappa shape index (κ3) is 7.20. The van der Waals surface area contributed by atoms with E-state index in [2.05, 4.69) is 29.5 Å². The predicted octanol–water partition coefficient (Wildman–Crippen LogP) is 5.72. The van der Waals surface area contributed by atoms with Crippen LogP contribution in [0.1, 0.15) is 86.2 Å². The largest absolute Gasteiger partial charge is 0.464 e. The highest BCUT2D eigenvalue weighted by Crippen LogP contribution is 2.44. The lowest BCUT2D eigenvalue weighted by Gasteiger charge is -2.36. The third-order valence-corrected chi connectivity index (χ3v) is 10.6. The Bertz CT molecular complexity index is 2040. The number of oxime groups is 2. The van der Waals surface area contributed by atoms with E-state index in [1.807, 2.05) is 74.5 Å². The maximum Gasteiger partial charge on any atom is 0.363 e. The molecule has 4 heterocycles. The van der Waals surface area contributed by atoms with E-state index < -0.39 is 34.3 Å². The van der Waals surface area contributed by atoms with E-state index in [4.69, 9.17) is 0 Å². The van der Waals surface area contributed by atoms with Gasteiger partial charge in [-0.1, -0.05) is 60.6 Å². The first-order valence-electron chi connectivity index (χ1n) is 17.7. The lowest BCUT2D eigenvalue weighted by atomic mass is 9.71. The van der Waals surface area contributed by atoms with Crippen molar-refractivity contribution in [3.63, 3.8) is 0 Å². The van der Waals surface area contributed by atoms with Gasteiger partial charge < -0.3 is 19.1 Å². The Morgan fingerprint density at radius 1 is 0.630 bits per heavy atom. The number of fused-ring (bicyclic) bond motifs is 6. The van der Waals surface area contributed by atoms with Crippen LogP contribution in [0, 0.1) is 0 Å². The van der Waals surface area contributed by atoms with Crippen molar-refractivity contribution < 1.29 is 47.9 Å². The van der Waals surface area contributed by atoms with Gasteiger partial charge in [-0.25, -0.2) is 9.59 Å². The van der Waals surface area contributed by atoms with Gasteiger partial charge in [0.15, 0.2) is 11.6 Å². The number of hydrogen-bond acceptors (Lipinski definition) is 12. The van der Waals surface area contributed by atoms with Crippen molar-refractivity contribution in [3.05, 3.63) is 72.1 Å². The highest BCUT2D eigenvalue weighted by molar-refractivity contribution is 6.65. The van der Waals surface area contributed by atoms with Gasteiger partial charge >= 0.3 is 11.9 Å². The van der Waals surface area contributed by atoms with Crippen molar-refractivity contribution in [2.24, 2.45) is 10.3 Å². The van der Waals surface area contributed by atoms with Gasteiger partial charge in [0.25, 0.3) is 0 Å². The molecule has 0 radical (unpaired) electrons. The molecule has 4 aromatic rings. The van der Waals surface area contributed by atoms with Crippen molar-refractivity contribution in [2.75, 3.05) is 28.4 Å². The van der Waals surface area contributed by atoms with Gasteiger partial charge in [-0.15, -0.1) is 0 Å². The van der Waals surface area contributed by atoms with Crippen LogP contribution in [0.25, 0.3) is 21.8 Å². The number of aromatic nitrogens is 2. The summed E-state index contributed by atoms with van der Waals surface area (Å²) < 4.78 is 12.7. The molecule has 2 aliphatic rings. The SMILES string of the molecule is CC[C@@]1(CC(=O)/C(=N/OC)C(=O)OC)CCC(=O)n2c1cc1ccccc12.CC[C@]1(CC(=O)/C(=N/OC)C(=O)OC)CCC(=O)n2c1cc1ccccc12. The van der Waals surface area contributed by atoms with E-state index in [1.54, 1.807) is 9.13 Å². The maximum absolute atomic E-state index is 12.9. The Morgan fingerprint density at radius 3 is 1.33 bits per heavy atom. The van der Waals surface area contributed by atoms with Crippen molar-refractivity contribution in [2.45, 2.75) is 76.0 Å². The highest BCUT2D eigenvalue weighted by atomic mass is 16.6. The van der Waals surface area contributed by atoms with Crippen LogP contribution in [0.2, 0.25) is 0 Å². The van der Waals surface area contributed by atoms with E-state index >= 15 is 0 Å². The Kier molecular flexibility index (Phi) is 11.9. The number of ketones is 2. The standard InChI is InChI=1S/2C20H22N2O5/c2*1-4-20(12-15(23)18(21-27-3)19(25)26-2)10-9-17(24)22-14-8-6-5-7-13(14)11-16(20)22/h2*5-8,11H,4,9-10,12H2,1-3H3/b2*21-18-/t2*20-/m10/s1. The molecule has 0 N–H and O–H groups in total. The van der Waals surface area contributed by atoms with Gasteiger partial charge in [0.2, 0.25) is 23.2 Å². The summed E-state index contributed by atoms with van der Waals surface area (Å²) in [6.45, 7) is 3.97. The molecule has 0 bridgehead atoms. The Morgan fingerprint density at radius 2 is 1.00 bits per heavy atom. The second kappa shape index (κ2) is 16.4. The second-order valence-electron chi connectivity index (χ2n) is 13.3. The first-order chi connectivity index (χ1) is 25.9. The van der Waals surface area contributed by atoms with E-state index in [9.17, 15) is 28.8 Å². The van der Waals surface area contributed by atoms with Gasteiger partial charge in [-0.2, -0.15) is 0 Å². The summed E-state index contributed by atoms with van der Waals surface area (Å²) >= 11 is 0. The van der Waals surface area contributed by atoms with Crippen molar-refractivity contribution in [1.82, 2.24) is 9.13 Å². The number of para-hydroxylation sites is 2. The number of hydrogen-bond donors (Lipinski definition) is 0. The molecule has 54 heavy (non-hydrogen) atoms. The number of nitrogens with zero attached hydrogens (tertiary/aromatic N) is 4. The molecule has 14 heteroatoms. The van der Waals surface area contributed by atoms with E-state index in [1.165, 1.54) is 28.4 Å². The number of carbonyl (C=O) groups excluding carboxylic acids is 6. The summed E-state index contributed by atoms with van der Waals surface area (Å²) in [5.41, 5.74) is 1.41. The maximum atomic E-state index is 12.9. The molecule has 0 saturated heterocycles. The fraction of sp³-hybridized carbons (Fsp3) is 0.400. The van der Waals surface area contributed by atoms with Gasteiger partial charge in [0, 0.05) is 58.7 Å². The molecule has 0 aliphatic carbocycles. The summed E-state index contributed by atoms with van der Waals surface area (Å²) in [6.07, 6.45) is 3.11. The zero-order valence-corrected chi connectivity index (χ0v) is 31.3. The minimum atomic E-state index is -0.833. The summed E-state index contributed by atoms with van der Waals surface area (Å²) in [5.74, 6) is -2.56. The average molecular weight is 741 g/mol. The summed E-state index contributed by atoms with van der Waals surface area (Å²) in [6, 6.07) is 19.2. The minimum Gasteiger partial charge on any atom is -0.464 e. The first-order valence-corrected chi connectivity index (χ1v) is 17.7. The van der Waals surface area contributed by atoms with Crippen LogP contribution in [-0.2, 0) is 49.2 Å². The smallest absolute Gasteiger partial charge is 0.363 e. The minimum absolute atomic E-state index is 0.0153. The Labute approximate surface area is 312 Å². The normalized spacial score (nSPS) is 19.7. The van der Waals surface area contributed by atoms with Crippen LogP contribution in [0.3, 0.4) is 0 Å². The summed E-state index contributed by atoms with van der Waals surface area (Å²) in [4.78, 5) is 84.0. The summed E-state index contributed by atoms with van der Waals surface area (Å²) in [7, 11) is 4.91. The van der Waals surface area contributed by atoms with Crippen LogP contribution in [-0.4, -0.2) is 84.3 Å². The van der Waals surface area contributed by atoms with E-state index in [0.717, 1.165) is 33.2 Å². The van der Waals surface area contributed by atoms with Gasteiger partial charge in [-0.3, -0.25) is 28.3 Å². The lowest BCUT2D eigenvalue weighted by molar-refractivity contribution is -0.135. The van der Waals surface area contributed by atoms with Gasteiger partial charge in [0.05, 0.1) is 25.3 Å². The topological polar surface area (TPSA) is 174 Å². The number of esters is 2. The molecule has 0 saturated carbocycles. The van der Waals surface area contributed by atoms with Crippen LogP contribution < -0.4 is 0 Å². The van der Waals surface area contributed by atoms with Crippen LogP contribution in [0.5, 0.6) is 0 Å². The average Bonchev–Trinajstić information content (AvgIpc) is 3.79. The van der Waals surface area contributed by atoms with Crippen LogP contribution in [0.4, 0.5) is 0 Å². The third-order valence-electron chi connectivity index (χ3n) is 10.6. The zero-order chi connectivity index (χ0) is 39.2. The number of methoxy groups -OCH3 is 2. The van der Waals surface area contributed by atoms with Crippen molar-refractivity contribution in [3.8, 4) is 0 Å². The Hall–Kier alpha value is -5.92. The monoisotopic (exact) mass is 740 g/mol. The molecule has 2 aromatic heterocycles.